The predicted molar refractivity (Wildman–Crippen MR) is 96.2 cm³/mol. The Labute approximate surface area is 144 Å². The van der Waals surface area contributed by atoms with E-state index in [4.69, 9.17) is 4.74 Å². The van der Waals surface area contributed by atoms with Crippen LogP contribution in [-0.2, 0) is 9.53 Å². The lowest BCUT2D eigenvalue weighted by molar-refractivity contribution is -0.120. The van der Waals surface area contributed by atoms with Crippen LogP contribution < -0.4 is 16.0 Å². The Morgan fingerprint density at radius 1 is 1.29 bits per heavy atom. The fraction of sp³-hybridized carbons (Fsp3) is 0.857. The van der Waals surface area contributed by atoms with Gasteiger partial charge in [0, 0.05) is 27.2 Å². The molecule has 0 unspecified atom stereocenters. The van der Waals surface area contributed by atoms with E-state index in [1.165, 1.54) is 25.7 Å². The van der Waals surface area contributed by atoms with E-state index >= 15 is 0 Å². The van der Waals surface area contributed by atoms with Gasteiger partial charge in [0.25, 0.3) is 0 Å². The summed E-state index contributed by atoms with van der Waals surface area (Å²) in [6.07, 6.45) is 5.08. The van der Waals surface area contributed by atoms with Crippen molar-refractivity contribution in [1.29, 1.82) is 0 Å². The average molecular weight is 412 g/mol. The minimum absolute atomic E-state index is 0. The molecule has 0 spiro atoms. The first-order valence-electron chi connectivity index (χ1n) is 7.36. The lowest BCUT2D eigenvalue weighted by atomic mass is 9.67. The zero-order chi connectivity index (χ0) is 14.8. The molecular formula is C14H29IN4O2. The molecule has 124 valence electrons. The summed E-state index contributed by atoms with van der Waals surface area (Å²) >= 11 is 0. The number of carbonyl (C=O) groups is 1. The van der Waals surface area contributed by atoms with Gasteiger partial charge in [0.1, 0.15) is 0 Å². The molecule has 3 N–H and O–H groups in total. The summed E-state index contributed by atoms with van der Waals surface area (Å²) in [5, 5.41) is 9.11. The number of carbonyl (C=O) groups excluding carboxylic acids is 1. The van der Waals surface area contributed by atoms with Gasteiger partial charge in [-0.2, -0.15) is 0 Å². The van der Waals surface area contributed by atoms with Gasteiger partial charge >= 0.3 is 0 Å². The summed E-state index contributed by atoms with van der Waals surface area (Å²) in [5.74, 6) is 0.630. The Kier molecular flexibility index (Phi) is 10.8. The fourth-order valence-electron chi connectivity index (χ4n) is 2.34. The second-order valence-corrected chi connectivity index (χ2v) is 5.33. The molecular weight excluding hydrogens is 383 g/mol. The van der Waals surface area contributed by atoms with Gasteiger partial charge in [0.15, 0.2) is 5.96 Å². The van der Waals surface area contributed by atoms with Crippen molar-refractivity contribution in [3.05, 3.63) is 0 Å². The van der Waals surface area contributed by atoms with Crippen LogP contribution in [0.4, 0.5) is 0 Å². The molecule has 1 amide bonds. The molecule has 0 atom stereocenters. The summed E-state index contributed by atoms with van der Waals surface area (Å²) in [7, 11) is 3.33. The second kappa shape index (κ2) is 11.1. The molecule has 0 aromatic rings. The Hall–Kier alpha value is -0.570. The van der Waals surface area contributed by atoms with E-state index in [9.17, 15) is 4.79 Å². The topological polar surface area (TPSA) is 74.8 Å². The number of aliphatic imine (C=N–C) groups is 1. The molecule has 0 aromatic carbocycles. The molecule has 6 nitrogen and oxygen atoms in total. The molecule has 7 heteroatoms. The summed E-state index contributed by atoms with van der Waals surface area (Å²) in [6, 6.07) is 0. The number of methoxy groups -OCH3 is 1. The third-order valence-corrected chi connectivity index (χ3v) is 4.06. The van der Waals surface area contributed by atoms with Crippen molar-refractivity contribution in [3.63, 3.8) is 0 Å². The number of hydrogen-bond acceptors (Lipinski definition) is 3. The van der Waals surface area contributed by atoms with Crippen LogP contribution >= 0.6 is 24.0 Å². The normalized spacial score (nSPS) is 16.4. The van der Waals surface area contributed by atoms with E-state index in [0.717, 1.165) is 6.54 Å². The number of halogens is 1. The minimum atomic E-state index is -0.0566. The van der Waals surface area contributed by atoms with Crippen LogP contribution in [0.5, 0.6) is 0 Å². The van der Waals surface area contributed by atoms with E-state index < -0.39 is 0 Å². The van der Waals surface area contributed by atoms with Crippen molar-refractivity contribution in [2.24, 2.45) is 10.4 Å². The van der Waals surface area contributed by atoms with Crippen molar-refractivity contribution in [3.8, 4) is 0 Å². The molecule has 0 aromatic heterocycles. The van der Waals surface area contributed by atoms with Crippen molar-refractivity contribution in [1.82, 2.24) is 16.0 Å². The molecule has 1 aliphatic carbocycles. The number of hydrogen-bond donors (Lipinski definition) is 3. The highest BCUT2D eigenvalue weighted by Gasteiger charge is 2.34. The highest BCUT2D eigenvalue weighted by molar-refractivity contribution is 14.0. The van der Waals surface area contributed by atoms with Crippen LogP contribution in [0.2, 0.25) is 0 Å². The van der Waals surface area contributed by atoms with E-state index in [-0.39, 0.29) is 36.4 Å². The maximum absolute atomic E-state index is 11.6. The third kappa shape index (κ3) is 7.30. The highest BCUT2D eigenvalue weighted by atomic mass is 127. The van der Waals surface area contributed by atoms with E-state index in [1.54, 1.807) is 14.2 Å². The Bertz CT molecular complexity index is 327. The van der Waals surface area contributed by atoms with Gasteiger partial charge in [-0.3, -0.25) is 9.79 Å². The lowest BCUT2D eigenvalue weighted by Crippen LogP contribution is -2.48. The maximum atomic E-state index is 11.6. The van der Waals surface area contributed by atoms with Gasteiger partial charge in [-0.05, 0) is 24.7 Å². The Morgan fingerprint density at radius 2 is 2.00 bits per heavy atom. The third-order valence-electron chi connectivity index (χ3n) is 4.06. The summed E-state index contributed by atoms with van der Waals surface area (Å²) in [6.45, 7) is 4.44. The minimum Gasteiger partial charge on any atom is -0.383 e. The van der Waals surface area contributed by atoms with Gasteiger partial charge < -0.3 is 20.7 Å². The van der Waals surface area contributed by atoms with Gasteiger partial charge in [0.05, 0.1) is 13.2 Å². The fourth-order valence-corrected chi connectivity index (χ4v) is 2.34. The second-order valence-electron chi connectivity index (χ2n) is 5.33. The molecule has 0 aliphatic heterocycles. The van der Waals surface area contributed by atoms with Crippen LogP contribution in [0, 0.1) is 5.41 Å². The molecule has 1 saturated carbocycles. The first-order chi connectivity index (χ1) is 9.65. The van der Waals surface area contributed by atoms with Gasteiger partial charge in [-0.15, -0.1) is 24.0 Å². The molecule has 1 aliphatic rings. The first-order valence-corrected chi connectivity index (χ1v) is 7.36. The predicted octanol–water partition coefficient (Wildman–Crippen LogP) is 1.11. The number of nitrogens with zero attached hydrogens (tertiary/aromatic N) is 1. The number of amides is 1. The summed E-state index contributed by atoms with van der Waals surface area (Å²) < 4.78 is 4.87. The molecule has 0 radical (unpaired) electrons. The van der Waals surface area contributed by atoms with Crippen molar-refractivity contribution < 1.29 is 9.53 Å². The zero-order valence-electron chi connectivity index (χ0n) is 13.3. The highest BCUT2D eigenvalue weighted by Crippen LogP contribution is 2.42. The maximum Gasteiger partial charge on any atom is 0.239 e. The number of ether oxygens (including phenoxy) is 1. The molecule has 1 fully saturated rings. The van der Waals surface area contributed by atoms with Crippen LogP contribution in [0.25, 0.3) is 0 Å². The van der Waals surface area contributed by atoms with Crippen LogP contribution in [0.3, 0.4) is 0 Å². The lowest BCUT2D eigenvalue weighted by Gasteiger charge is -2.41. The molecule has 0 bridgehead atoms. The van der Waals surface area contributed by atoms with Gasteiger partial charge in [-0.25, -0.2) is 0 Å². The van der Waals surface area contributed by atoms with Crippen molar-refractivity contribution >= 4 is 35.8 Å². The Balaban J connectivity index is 0.00000400. The number of rotatable bonds is 8. The summed E-state index contributed by atoms with van der Waals surface area (Å²) in [4.78, 5) is 15.7. The van der Waals surface area contributed by atoms with Crippen LogP contribution in [-0.4, -0.2) is 52.3 Å². The van der Waals surface area contributed by atoms with E-state index in [2.05, 4.69) is 27.9 Å². The van der Waals surface area contributed by atoms with Crippen molar-refractivity contribution in [2.75, 3.05) is 40.4 Å². The number of guanidine groups is 1. The zero-order valence-corrected chi connectivity index (χ0v) is 15.7. The Morgan fingerprint density at radius 3 is 2.48 bits per heavy atom. The standard InChI is InChI=1S/C14H28N4O2.HI/c1-4-14(6-5-7-14)11-18-13(15-2)17-10-12(19)16-8-9-20-3;/h4-11H2,1-3H3,(H,16,19)(H2,15,17,18);1H. The molecule has 0 heterocycles. The SMILES string of the molecule is CCC1(CNC(=NC)NCC(=O)NCCOC)CCC1.I. The van der Waals surface area contributed by atoms with E-state index in [1.807, 2.05) is 0 Å². The smallest absolute Gasteiger partial charge is 0.239 e. The first kappa shape index (κ1) is 20.4. The average Bonchev–Trinajstić information content (AvgIpc) is 2.41. The van der Waals surface area contributed by atoms with Crippen LogP contribution in [0.1, 0.15) is 32.6 Å². The largest absolute Gasteiger partial charge is 0.383 e. The van der Waals surface area contributed by atoms with Gasteiger partial charge in [-0.1, -0.05) is 13.3 Å². The van der Waals surface area contributed by atoms with E-state index in [0.29, 0.717) is 24.5 Å². The van der Waals surface area contributed by atoms with Crippen LogP contribution in [0.15, 0.2) is 4.99 Å². The van der Waals surface area contributed by atoms with Gasteiger partial charge in [0.2, 0.25) is 5.91 Å². The monoisotopic (exact) mass is 412 g/mol. The van der Waals surface area contributed by atoms with Crippen molar-refractivity contribution in [2.45, 2.75) is 32.6 Å². The summed E-state index contributed by atoms with van der Waals surface area (Å²) in [5.41, 5.74) is 0.429. The molecule has 0 saturated heterocycles. The number of nitrogens with one attached hydrogen (secondary N) is 3. The quantitative estimate of drug-likeness (QED) is 0.242. The molecule has 1 rings (SSSR count). The molecule has 21 heavy (non-hydrogen) atoms.